The molecular formula is C26H19ClN2O2S. The lowest BCUT2D eigenvalue weighted by Crippen LogP contribution is -2.27. The fourth-order valence-corrected chi connectivity index (χ4v) is 5.11. The highest BCUT2D eigenvalue weighted by Crippen LogP contribution is 2.37. The Morgan fingerprint density at radius 1 is 0.844 bits per heavy atom. The van der Waals surface area contributed by atoms with Crippen molar-refractivity contribution in [3.63, 3.8) is 0 Å². The summed E-state index contributed by atoms with van der Waals surface area (Å²) in [6.45, 7) is 4.06. The summed E-state index contributed by atoms with van der Waals surface area (Å²) in [5.41, 5.74) is 4.51. The van der Waals surface area contributed by atoms with Crippen LogP contribution in [0.25, 0.3) is 22.5 Å². The fraction of sp³-hybridized carbons (Fsp3) is 0.0769. The summed E-state index contributed by atoms with van der Waals surface area (Å²) in [5.74, 6) is -0.335. The van der Waals surface area contributed by atoms with Gasteiger partial charge in [-0.05, 0) is 84.4 Å². The molecule has 3 aromatic carbocycles. The highest BCUT2D eigenvalue weighted by atomic mass is 35.5. The number of fused-ring (bicyclic) bond motifs is 1. The van der Waals surface area contributed by atoms with Crippen LogP contribution in [0.5, 0.6) is 0 Å². The second-order valence-electron chi connectivity index (χ2n) is 7.69. The van der Waals surface area contributed by atoms with Crippen LogP contribution in [0.15, 0.2) is 77.7 Å². The summed E-state index contributed by atoms with van der Waals surface area (Å²) in [5, 5.41) is 2.51. The SMILES string of the molecule is Cc1cc(/C=C2/SC(=O)N(c3cccc(Cl)c3)C2=O)c(C)n1-c1ccc2ccccc2c1. The number of amides is 2. The van der Waals surface area contributed by atoms with E-state index in [1.807, 2.05) is 32.0 Å². The number of rotatable bonds is 3. The van der Waals surface area contributed by atoms with Crippen LogP contribution in [-0.2, 0) is 4.79 Å². The lowest BCUT2D eigenvalue weighted by molar-refractivity contribution is -0.113. The number of imide groups is 1. The van der Waals surface area contributed by atoms with E-state index in [1.165, 1.54) is 15.7 Å². The van der Waals surface area contributed by atoms with Crippen LogP contribution >= 0.6 is 23.4 Å². The predicted octanol–water partition coefficient (Wildman–Crippen LogP) is 7.14. The maximum absolute atomic E-state index is 13.0. The van der Waals surface area contributed by atoms with Gasteiger partial charge in [0.2, 0.25) is 0 Å². The zero-order valence-electron chi connectivity index (χ0n) is 17.5. The molecule has 4 nitrogen and oxygen atoms in total. The topological polar surface area (TPSA) is 42.3 Å². The van der Waals surface area contributed by atoms with Crippen LogP contribution in [0.3, 0.4) is 0 Å². The molecule has 0 radical (unpaired) electrons. The molecule has 0 N–H and O–H groups in total. The lowest BCUT2D eigenvalue weighted by atomic mass is 10.1. The van der Waals surface area contributed by atoms with E-state index < -0.39 is 0 Å². The first-order chi connectivity index (χ1) is 15.4. The number of aryl methyl sites for hydroxylation is 1. The Morgan fingerprint density at radius 2 is 1.62 bits per heavy atom. The molecule has 0 saturated carbocycles. The van der Waals surface area contributed by atoms with Gasteiger partial charge in [-0.3, -0.25) is 9.59 Å². The van der Waals surface area contributed by atoms with Gasteiger partial charge in [-0.15, -0.1) is 0 Å². The predicted molar refractivity (Wildman–Crippen MR) is 133 cm³/mol. The highest BCUT2D eigenvalue weighted by molar-refractivity contribution is 8.19. The van der Waals surface area contributed by atoms with Crippen LogP contribution in [0.1, 0.15) is 17.0 Å². The van der Waals surface area contributed by atoms with Crippen molar-refractivity contribution >= 4 is 57.0 Å². The Kier molecular flexibility index (Phi) is 5.16. The van der Waals surface area contributed by atoms with E-state index in [-0.39, 0.29) is 11.1 Å². The van der Waals surface area contributed by atoms with Crippen LogP contribution in [-0.4, -0.2) is 15.7 Å². The van der Waals surface area contributed by atoms with E-state index in [1.54, 1.807) is 30.3 Å². The van der Waals surface area contributed by atoms with Gasteiger partial charge in [0.15, 0.2) is 0 Å². The number of halogens is 1. The fourth-order valence-electron chi connectivity index (χ4n) is 4.09. The molecule has 4 aromatic rings. The summed E-state index contributed by atoms with van der Waals surface area (Å²) in [6, 6.07) is 23.4. The van der Waals surface area contributed by atoms with Crippen molar-refractivity contribution in [3.8, 4) is 5.69 Å². The largest absolute Gasteiger partial charge is 0.318 e. The van der Waals surface area contributed by atoms with Crippen molar-refractivity contribution in [3.05, 3.63) is 99.7 Å². The molecule has 0 spiro atoms. The molecule has 6 heteroatoms. The molecule has 1 aliphatic rings. The number of thioether (sulfide) groups is 1. The van der Waals surface area contributed by atoms with Gasteiger partial charge in [-0.1, -0.05) is 48.0 Å². The van der Waals surface area contributed by atoms with Gasteiger partial charge in [0.05, 0.1) is 10.6 Å². The first-order valence-electron chi connectivity index (χ1n) is 10.1. The van der Waals surface area contributed by atoms with Crippen molar-refractivity contribution in [1.82, 2.24) is 4.57 Å². The first-order valence-corrected chi connectivity index (χ1v) is 11.3. The molecule has 1 saturated heterocycles. The van der Waals surface area contributed by atoms with E-state index >= 15 is 0 Å². The van der Waals surface area contributed by atoms with Crippen LogP contribution < -0.4 is 4.90 Å². The van der Waals surface area contributed by atoms with E-state index in [9.17, 15) is 9.59 Å². The molecule has 1 aromatic heterocycles. The lowest BCUT2D eigenvalue weighted by Gasteiger charge is -2.12. The molecule has 0 unspecified atom stereocenters. The van der Waals surface area contributed by atoms with E-state index in [0.717, 1.165) is 34.4 Å². The standard InChI is InChI=1S/C26H19ClN2O2S/c1-16-12-20(17(2)28(16)23-11-10-18-6-3-4-7-19(18)13-23)14-24-25(30)29(26(31)32-24)22-9-5-8-21(27)15-22/h3-15H,1-2H3/b24-14+. The molecule has 158 valence electrons. The molecule has 1 fully saturated rings. The van der Waals surface area contributed by atoms with Gasteiger partial charge in [-0.25, -0.2) is 4.90 Å². The Morgan fingerprint density at radius 3 is 2.41 bits per heavy atom. The van der Waals surface area contributed by atoms with Crippen molar-refractivity contribution in [2.75, 3.05) is 4.90 Å². The average Bonchev–Trinajstić information content (AvgIpc) is 3.21. The van der Waals surface area contributed by atoms with Crippen LogP contribution in [0.2, 0.25) is 5.02 Å². The van der Waals surface area contributed by atoms with Gasteiger partial charge in [-0.2, -0.15) is 0 Å². The number of nitrogens with zero attached hydrogens (tertiary/aromatic N) is 2. The summed E-state index contributed by atoms with van der Waals surface area (Å²) < 4.78 is 2.17. The number of carbonyl (C=O) groups is 2. The van der Waals surface area contributed by atoms with Crippen molar-refractivity contribution in [2.24, 2.45) is 0 Å². The summed E-state index contributed by atoms with van der Waals surface area (Å²) in [4.78, 5) is 27.2. The second kappa shape index (κ2) is 8.01. The molecule has 5 rings (SSSR count). The Labute approximate surface area is 195 Å². The maximum Gasteiger partial charge on any atom is 0.298 e. The summed E-state index contributed by atoms with van der Waals surface area (Å²) in [6.07, 6.45) is 1.80. The highest BCUT2D eigenvalue weighted by Gasteiger charge is 2.36. The normalized spacial score (nSPS) is 15.3. The zero-order valence-corrected chi connectivity index (χ0v) is 19.1. The summed E-state index contributed by atoms with van der Waals surface area (Å²) in [7, 11) is 0. The molecular weight excluding hydrogens is 440 g/mol. The van der Waals surface area contributed by atoms with Crippen molar-refractivity contribution in [2.45, 2.75) is 13.8 Å². The molecule has 0 bridgehead atoms. The monoisotopic (exact) mass is 458 g/mol. The van der Waals surface area contributed by atoms with E-state index in [2.05, 4.69) is 34.9 Å². The maximum atomic E-state index is 13.0. The third kappa shape index (κ3) is 3.53. The van der Waals surface area contributed by atoms with Gasteiger partial charge in [0.25, 0.3) is 11.1 Å². The number of hydrogen-bond acceptors (Lipinski definition) is 3. The number of carbonyl (C=O) groups excluding carboxylic acids is 2. The minimum absolute atomic E-state index is 0.327. The number of aromatic nitrogens is 1. The second-order valence-corrected chi connectivity index (χ2v) is 9.12. The molecule has 32 heavy (non-hydrogen) atoms. The van der Waals surface area contributed by atoms with E-state index in [4.69, 9.17) is 11.6 Å². The minimum Gasteiger partial charge on any atom is -0.318 e. The Hall–Kier alpha value is -3.28. The van der Waals surface area contributed by atoms with Gasteiger partial charge >= 0.3 is 0 Å². The smallest absolute Gasteiger partial charge is 0.298 e. The van der Waals surface area contributed by atoms with Gasteiger partial charge in [0.1, 0.15) is 0 Å². The first kappa shape index (κ1) is 20.6. The minimum atomic E-state index is -0.335. The quantitative estimate of drug-likeness (QED) is 0.306. The Bertz CT molecular complexity index is 1440. The number of hydrogen-bond donors (Lipinski definition) is 0. The zero-order chi connectivity index (χ0) is 22.4. The van der Waals surface area contributed by atoms with Crippen LogP contribution in [0.4, 0.5) is 10.5 Å². The van der Waals surface area contributed by atoms with Crippen molar-refractivity contribution < 1.29 is 9.59 Å². The van der Waals surface area contributed by atoms with Gasteiger partial charge in [0, 0.05) is 22.1 Å². The van der Waals surface area contributed by atoms with Crippen LogP contribution in [0, 0.1) is 13.8 Å². The van der Waals surface area contributed by atoms with Gasteiger partial charge < -0.3 is 4.57 Å². The Balaban J connectivity index is 1.52. The average molecular weight is 459 g/mol. The number of benzene rings is 3. The summed E-state index contributed by atoms with van der Waals surface area (Å²) >= 11 is 6.99. The third-order valence-corrected chi connectivity index (χ3v) is 6.71. The molecule has 2 amide bonds. The number of anilines is 1. The molecule has 1 aliphatic heterocycles. The van der Waals surface area contributed by atoms with Crippen molar-refractivity contribution in [1.29, 1.82) is 0 Å². The molecule has 0 atom stereocenters. The molecule has 0 aliphatic carbocycles. The third-order valence-electron chi connectivity index (χ3n) is 5.61. The molecule has 2 heterocycles. The van der Waals surface area contributed by atoms with E-state index in [0.29, 0.717) is 15.6 Å².